The zero-order valence-corrected chi connectivity index (χ0v) is 37.0. The number of carbonyl (C=O) groups excluding carboxylic acids is 6. The standard InChI is InChI=1S/C47H60N6O11/c1-46(2,3)64-45(60)48-35-23-30-21-29(30)22-32-7-8-37(53(32)43(35)58)44(59)52-26-31(25-47(52)12-13-47)28-11-14-50(40(55)24-28)15-16-61-17-18-62-19-20-63-38-6-4-5-33-34(38)27-51(42(33)57)36-9-10-39(54)49-41(36)56/h4-6,11,14,24,29-32,35-37H,7-10,12-13,15-23,25-27H2,1-3H3,(H,48,60)(H,49,54,56)/t29-,30+,31+,32-,35+,36?,37+/m1/s1. The third-order valence-electron chi connectivity index (χ3n) is 14.3. The fourth-order valence-electron chi connectivity index (χ4n) is 10.8. The largest absolute Gasteiger partial charge is 0.491 e. The van der Waals surface area contributed by atoms with E-state index in [1.807, 2.05) is 15.9 Å². The van der Waals surface area contributed by atoms with Crippen LogP contribution in [-0.2, 0) is 46.5 Å². The van der Waals surface area contributed by atoms with E-state index in [1.165, 1.54) is 4.90 Å². The molecule has 1 aromatic carbocycles. The van der Waals surface area contributed by atoms with Crippen molar-refractivity contribution in [3.05, 3.63) is 63.6 Å². The number of rotatable bonds is 14. The average Bonchev–Trinajstić information content (AvgIpc) is 4.03. The van der Waals surface area contributed by atoms with Crippen LogP contribution in [0, 0.1) is 11.8 Å². The Morgan fingerprint density at radius 3 is 2.42 bits per heavy atom. The number of nitrogens with zero attached hydrogens (tertiary/aromatic N) is 4. The molecule has 1 aromatic heterocycles. The normalized spacial score (nSPS) is 28.0. The van der Waals surface area contributed by atoms with Crippen molar-refractivity contribution in [1.82, 2.24) is 29.9 Å². The fraction of sp³-hybridized carbons (Fsp3) is 0.638. The van der Waals surface area contributed by atoms with Gasteiger partial charge in [-0.25, -0.2) is 4.79 Å². The van der Waals surface area contributed by atoms with Gasteiger partial charge in [0.25, 0.3) is 11.5 Å². The number of fused-ring (bicyclic) bond motifs is 3. The average molecular weight is 885 g/mol. The molecule has 1 unspecified atom stereocenters. The number of hydrogen-bond donors (Lipinski definition) is 2. The van der Waals surface area contributed by atoms with Crippen LogP contribution in [0.2, 0.25) is 0 Å². The van der Waals surface area contributed by atoms with Crippen molar-refractivity contribution in [1.29, 1.82) is 0 Å². The summed E-state index contributed by atoms with van der Waals surface area (Å²) in [6.45, 7) is 7.96. The Morgan fingerprint density at radius 1 is 0.906 bits per heavy atom. The Bertz CT molecular complexity index is 2250. The van der Waals surface area contributed by atoms with Gasteiger partial charge in [0.2, 0.25) is 23.6 Å². The molecule has 5 aliphatic heterocycles. The number of amides is 6. The highest BCUT2D eigenvalue weighted by atomic mass is 16.6. The Labute approximate surface area is 372 Å². The molecule has 7 aliphatic rings. The first kappa shape index (κ1) is 43.9. The van der Waals surface area contributed by atoms with Gasteiger partial charge in [-0.2, -0.15) is 0 Å². The molecule has 17 nitrogen and oxygen atoms in total. The molecule has 7 atom stereocenters. The highest BCUT2D eigenvalue weighted by molar-refractivity contribution is 6.05. The van der Waals surface area contributed by atoms with E-state index in [2.05, 4.69) is 10.6 Å². The van der Waals surface area contributed by atoms with E-state index in [4.69, 9.17) is 18.9 Å². The number of piperidine rings is 1. The van der Waals surface area contributed by atoms with Crippen molar-refractivity contribution in [3.63, 3.8) is 0 Å². The van der Waals surface area contributed by atoms with E-state index in [0.29, 0.717) is 80.9 Å². The number of ether oxygens (including phenoxy) is 4. The highest BCUT2D eigenvalue weighted by Gasteiger charge is 2.59. The lowest BCUT2D eigenvalue weighted by Crippen LogP contribution is -2.58. The van der Waals surface area contributed by atoms with Gasteiger partial charge in [0, 0.05) is 60.4 Å². The smallest absolute Gasteiger partial charge is 0.408 e. The van der Waals surface area contributed by atoms with Crippen LogP contribution in [0.5, 0.6) is 5.75 Å². The van der Waals surface area contributed by atoms with Crippen LogP contribution in [0.15, 0.2) is 41.3 Å². The van der Waals surface area contributed by atoms with Crippen LogP contribution in [-0.4, -0.2) is 130 Å². The SMILES string of the molecule is CC(C)(C)OC(=O)N[C@H]1C[C@@H]2C[C@@H]2C[C@H]2CC[C@@H](C(=O)N3C[C@@H](c4ccn(CCOCCOCCOc5cccc6c5CN(C5CCC(=O)NC5=O)C6=O)c(=O)c4)CC34CC4)N2C1=O. The van der Waals surface area contributed by atoms with Gasteiger partial charge in [-0.1, -0.05) is 6.07 Å². The summed E-state index contributed by atoms with van der Waals surface area (Å²) in [4.78, 5) is 97.2. The van der Waals surface area contributed by atoms with Gasteiger partial charge < -0.3 is 43.5 Å². The van der Waals surface area contributed by atoms with Crippen molar-refractivity contribution in [2.45, 2.75) is 139 Å². The van der Waals surface area contributed by atoms with Crippen molar-refractivity contribution < 1.29 is 47.7 Å². The molecule has 6 amide bonds. The number of nitrogens with one attached hydrogen (secondary N) is 2. The van der Waals surface area contributed by atoms with Gasteiger partial charge in [0.05, 0.1) is 33.0 Å². The van der Waals surface area contributed by atoms with E-state index in [9.17, 15) is 33.6 Å². The lowest BCUT2D eigenvalue weighted by Gasteiger charge is -2.37. The van der Waals surface area contributed by atoms with E-state index >= 15 is 0 Å². The molecule has 6 heterocycles. The molecule has 2 N–H and O–H groups in total. The molecule has 2 saturated carbocycles. The molecule has 344 valence electrons. The molecule has 17 heteroatoms. The summed E-state index contributed by atoms with van der Waals surface area (Å²) in [5.74, 6) is 0.225. The maximum Gasteiger partial charge on any atom is 0.408 e. The molecule has 2 aromatic rings. The maximum absolute atomic E-state index is 14.5. The van der Waals surface area contributed by atoms with Gasteiger partial charge >= 0.3 is 6.09 Å². The summed E-state index contributed by atoms with van der Waals surface area (Å²) in [7, 11) is 0. The van der Waals surface area contributed by atoms with Gasteiger partial charge in [-0.15, -0.1) is 0 Å². The quantitative estimate of drug-likeness (QED) is 0.209. The van der Waals surface area contributed by atoms with Crippen LogP contribution in [0.4, 0.5) is 4.79 Å². The first-order chi connectivity index (χ1) is 30.7. The minimum absolute atomic E-state index is 0.0121. The second kappa shape index (κ2) is 17.6. The summed E-state index contributed by atoms with van der Waals surface area (Å²) in [5.41, 5.74) is 1.02. The van der Waals surface area contributed by atoms with Gasteiger partial charge in [0.1, 0.15) is 36.1 Å². The lowest BCUT2D eigenvalue weighted by atomic mass is 9.96. The molecule has 1 spiro atoms. The molecule has 9 rings (SSSR count). The van der Waals surface area contributed by atoms with Gasteiger partial charge in [-0.3, -0.25) is 34.1 Å². The third-order valence-corrected chi connectivity index (χ3v) is 14.3. The van der Waals surface area contributed by atoms with Crippen LogP contribution < -0.4 is 20.9 Å². The second-order valence-corrected chi connectivity index (χ2v) is 19.7. The minimum Gasteiger partial charge on any atom is -0.491 e. The van der Waals surface area contributed by atoms with E-state index in [0.717, 1.165) is 44.1 Å². The Morgan fingerprint density at radius 2 is 1.67 bits per heavy atom. The van der Waals surface area contributed by atoms with Crippen LogP contribution in [0.25, 0.3) is 0 Å². The first-order valence-electron chi connectivity index (χ1n) is 23.1. The van der Waals surface area contributed by atoms with Crippen molar-refractivity contribution in [2.24, 2.45) is 11.8 Å². The zero-order chi connectivity index (χ0) is 44.9. The van der Waals surface area contributed by atoms with Crippen molar-refractivity contribution in [3.8, 4) is 5.75 Å². The van der Waals surface area contributed by atoms with E-state index < -0.39 is 35.7 Å². The third kappa shape index (κ3) is 9.15. The summed E-state index contributed by atoms with van der Waals surface area (Å²) in [5, 5.41) is 5.18. The van der Waals surface area contributed by atoms with Crippen molar-refractivity contribution >= 4 is 35.6 Å². The number of benzene rings is 1. The predicted octanol–water partition coefficient (Wildman–Crippen LogP) is 3.25. The number of aromatic nitrogens is 1. The topological polar surface area (TPSA) is 195 Å². The Hall–Kier alpha value is -5.29. The number of hydrogen-bond acceptors (Lipinski definition) is 11. The number of likely N-dealkylation sites (tertiary alicyclic amines) is 1. The molecule has 64 heavy (non-hydrogen) atoms. The number of carbonyl (C=O) groups is 6. The zero-order valence-electron chi connectivity index (χ0n) is 37.0. The number of imide groups is 1. The number of pyridine rings is 1. The highest BCUT2D eigenvalue weighted by Crippen LogP contribution is 2.55. The Balaban J connectivity index is 0.718. The predicted molar refractivity (Wildman–Crippen MR) is 229 cm³/mol. The molecular weight excluding hydrogens is 825 g/mol. The minimum atomic E-state index is -0.722. The molecule has 0 radical (unpaired) electrons. The van der Waals surface area contributed by atoms with Gasteiger partial charge in [-0.05, 0) is 114 Å². The fourth-order valence-corrected chi connectivity index (χ4v) is 10.8. The van der Waals surface area contributed by atoms with Crippen LogP contribution in [0.3, 0.4) is 0 Å². The van der Waals surface area contributed by atoms with Crippen molar-refractivity contribution in [2.75, 3.05) is 39.6 Å². The molecular formula is C47H60N6O11. The van der Waals surface area contributed by atoms with Crippen LogP contribution in [0.1, 0.15) is 112 Å². The van der Waals surface area contributed by atoms with Crippen LogP contribution >= 0.6 is 0 Å². The molecule has 0 bridgehead atoms. The van der Waals surface area contributed by atoms with E-state index in [-0.39, 0.29) is 72.9 Å². The summed E-state index contributed by atoms with van der Waals surface area (Å²) in [6, 6.07) is 6.87. The number of alkyl carbamates (subject to hydrolysis) is 1. The van der Waals surface area contributed by atoms with E-state index in [1.54, 1.807) is 55.8 Å². The maximum atomic E-state index is 14.5. The first-order valence-corrected chi connectivity index (χ1v) is 23.1. The summed E-state index contributed by atoms with van der Waals surface area (Å²) in [6.07, 6.45) is 8.14. The Kier molecular flexibility index (Phi) is 12.1. The summed E-state index contributed by atoms with van der Waals surface area (Å²) >= 11 is 0. The molecule has 6 fully saturated rings. The molecule has 2 aliphatic carbocycles. The van der Waals surface area contributed by atoms with Gasteiger partial charge in [0.15, 0.2) is 0 Å². The summed E-state index contributed by atoms with van der Waals surface area (Å²) < 4.78 is 24.5. The lowest BCUT2D eigenvalue weighted by molar-refractivity contribution is -0.148. The second-order valence-electron chi connectivity index (χ2n) is 19.7. The molecule has 4 saturated heterocycles. The monoisotopic (exact) mass is 884 g/mol.